The maximum Gasteiger partial charge on any atom is 0.165 e. The van der Waals surface area contributed by atoms with E-state index in [9.17, 15) is 19.7 Å². The predicted molar refractivity (Wildman–Crippen MR) is 74.8 cm³/mol. The normalized spacial score (nSPS) is 31.7. The summed E-state index contributed by atoms with van der Waals surface area (Å²) >= 11 is 0. The van der Waals surface area contributed by atoms with Gasteiger partial charge < -0.3 is 20.1 Å². The van der Waals surface area contributed by atoms with Crippen LogP contribution < -0.4 is 0 Å². The quantitative estimate of drug-likeness (QED) is 0.712. The minimum absolute atomic E-state index is 0.0590. The number of aromatic hydroxyl groups is 1. The SMILES string of the molecule is C=C[C@]1(CO)O[C@@H](n2cnc3c(O)ccnc32)[C@@H](CF)[C@@H]1O. The molecule has 4 atom stereocenters. The molecule has 0 amide bonds. The Labute approximate surface area is 125 Å². The van der Waals surface area contributed by atoms with Crippen LogP contribution in [0.5, 0.6) is 5.75 Å². The molecule has 22 heavy (non-hydrogen) atoms. The van der Waals surface area contributed by atoms with E-state index in [0.717, 1.165) is 0 Å². The fourth-order valence-corrected chi connectivity index (χ4v) is 2.79. The molecule has 0 saturated carbocycles. The van der Waals surface area contributed by atoms with Crippen LogP contribution in [0.3, 0.4) is 0 Å². The number of aliphatic hydroxyl groups excluding tert-OH is 2. The Morgan fingerprint density at radius 2 is 2.27 bits per heavy atom. The molecule has 2 aromatic rings. The number of imidazole rings is 1. The second kappa shape index (κ2) is 5.31. The van der Waals surface area contributed by atoms with Crippen molar-refractivity contribution in [1.29, 1.82) is 0 Å². The van der Waals surface area contributed by atoms with Crippen molar-refractivity contribution in [2.45, 2.75) is 17.9 Å². The van der Waals surface area contributed by atoms with Crippen LogP contribution in [0, 0.1) is 5.92 Å². The summed E-state index contributed by atoms with van der Waals surface area (Å²) in [4.78, 5) is 8.14. The van der Waals surface area contributed by atoms with Crippen molar-refractivity contribution >= 4 is 11.2 Å². The summed E-state index contributed by atoms with van der Waals surface area (Å²) < 4.78 is 20.6. The number of hydrogen-bond donors (Lipinski definition) is 3. The van der Waals surface area contributed by atoms with Gasteiger partial charge in [-0.05, 0) is 0 Å². The van der Waals surface area contributed by atoms with Crippen molar-refractivity contribution < 1.29 is 24.4 Å². The first kappa shape index (κ1) is 14.9. The van der Waals surface area contributed by atoms with Crippen LogP contribution in [0.2, 0.25) is 0 Å². The molecule has 0 spiro atoms. The lowest BCUT2D eigenvalue weighted by Gasteiger charge is -2.26. The molecule has 118 valence electrons. The number of alkyl halides is 1. The van der Waals surface area contributed by atoms with Crippen LogP contribution in [-0.4, -0.2) is 54.8 Å². The van der Waals surface area contributed by atoms with Gasteiger partial charge in [0.1, 0.15) is 23.1 Å². The van der Waals surface area contributed by atoms with Gasteiger partial charge in [0.05, 0.1) is 31.6 Å². The lowest BCUT2D eigenvalue weighted by atomic mass is 9.91. The van der Waals surface area contributed by atoms with Crippen molar-refractivity contribution in [2.75, 3.05) is 13.3 Å². The molecule has 2 aromatic heterocycles. The van der Waals surface area contributed by atoms with E-state index in [4.69, 9.17) is 4.74 Å². The monoisotopic (exact) mass is 309 g/mol. The first-order chi connectivity index (χ1) is 10.6. The lowest BCUT2D eigenvalue weighted by molar-refractivity contribution is -0.0959. The maximum absolute atomic E-state index is 13.4. The van der Waals surface area contributed by atoms with Crippen molar-refractivity contribution in [1.82, 2.24) is 14.5 Å². The number of aromatic nitrogens is 3. The number of aliphatic hydroxyl groups is 2. The molecule has 1 fully saturated rings. The second-order valence-electron chi connectivity index (χ2n) is 5.24. The van der Waals surface area contributed by atoms with E-state index in [-0.39, 0.29) is 11.3 Å². The number of fused-ring (bicyclic) bond motifs is 1. The average Bonchev–Trinajstić information content (AvgIpc) is 3.07. The number of ether oxygens (including phenoxy) is 1. The van der Waals surface area contributed by atoms with Gasteiger partial charge in [-0.2, -0.15) is 0 Å². The van der Waals surface area contributed by atoms with Gasteiger partial charge >= 0.3 is 0 Å². The first-order valence-corrected chi connectivity index (χ1v) is 6.74. The van der Waals surface area contributed by atoms with E-state index in [2.05, 4.69) is 16.5 Å². The summed E-state index contributed by atoms with van der Waals surface area (Å²) in [7, 11) is 0. The molecule has 1 saturated heterocycles. The number of pyridine rings is 1. The molecule has 1 aliphatic rings. The van der Waals surface area contributed by atoms with Crippen LogP contribution >= 0.6 is 0 Å². The largest absolute Gasteiger partial charge is 0.505 e. The molecular formula is C14H16FN3O4. The molecule has 8 heteroatoms. The number of nitrogens with zero attached hydrogens (tertiary/aromatic N) is 3. The predicted octanol–water partition coefficient (Wildman–Crippen LogP) is 0.529. The van der Waals surface area contributed by atoms with Crippen molar-refractivity contribution in [2.24, 2.45) is 5.92 Å². The highest BCUT2D eigenvalue weighted by Crippen LogP contribution is 2.43. The molecule has 0 bridgehead atoms. The molecule has 3 rings (SSSR count). The zero-order valence-electron chi connectivity index (χ0n) is 11.6. The minimum Gasteiger partial charge on any atom is -0.505 e. The summed E-state index contributed by atoms with van der Waals surface area (Å²) in [6, 6.07) is 1.39. The van der Waals surface area contributed by atoms with Gasteiger partial charge in [0.2, 0.25) is 0 Å². The van der Waals surface area contributed by atoms with Gasteiger partial charge in [0, 0.05) is 12.3 Å². The molecule has 0 aromatic carbocycles. The molecule has 0 radical (unpaired) electrons. The summed E-state index contributed by atoms with van der Waals surface area (Å²) in [5.74, 6) is -0.983. The van der Waals surface area contributed by atoms with Gasteiger partial charge in [0.25, 0.3) is 0 Å². The van der Waals surface area contributed by atoms with E-state index in [1.165, 1.54) is 29.2 Å². The molecule has 3 N–H and O–H groups in total. The average molecular weight is 309 g/mol. The lowest BCUT2D eigenvalue weighted by Crippen LogP contribution is -2.43. The van der Waals surface area contributed by atoms with Crippen molar-refractivity contribution in [3.63, 3.8) is 0 Å². The van der Waals surface area contributed by atoms with E-state index < -0.39 is 37.1 Å². The number of rotatable bonds is 4. The Morgan fingerprint density at radius 1 is 1.50 bits per heavy atom. The molecule has 7 nitrogen and oxygen atoms in total. The van der Waals surface area contributed by atoms with E-state index in [0.29, 0.717) is 5.65 Å². The zero-order chi connectivity index (χ0) is 15.9. The van der Waals surface area contributed by atoms with E-state index >= 15 is 0 Å². The standard InChI is InChI=1S/C14H16FN3O4/c1-2-14(6-19)11(21)8(5-15)13(22-14)18-7-17-10-9(20)3-4-16-12(10)18/h2-4,7-8,11,13,19,21H,1,5-6H2,(H,16,20)/t8-,11-,13+,14+/m0/s1. The minimum atomic E-state index is -1.45. The second-order valence-corrected chi connectivity index (χ2v) is 5.24. The molecule has 0 unspecified atom stereocenters. The third-order valence-electron chi connectivity index (χ3n) is 4.10. The highest BCUT2D eigenvalue weighted by molar-refractivity contribution is 5.77. The Morgan fingerprint density at radius 3 is 2.91 bits per heavy atom. The van der Waals surface area contributed by atoms with Gasteiger partial charge in [-0.3, -0.25) is 8.96 Å². The van der Waals surface area contributed by atoms with Crippen LogP contribution in [0.1, 0.15) is 6.23 Å². The molecule has 1 aliphatic heterocycles. The molecule has 0 aliphatic carbocycles. The Hall–Kier alpha value is -2.03. The highest BCUT2D eigenvalue weighted by Gasteiger charge is 2.53. The van der Waals surface area contributed by atoms with Crippen LogP contribution in [0.15, 0.2) is 31.2 Å². The highest BCUT2D eigenvalue weighted by atomic mass is 19.1. The van der Waals surface area contributed by atoms with Crippen LogP contribution in [0.25, 0.3) is 11.2 Å². The van der Waals surface area contributed by atoms with E-state index in [1.54, 1.807) is 0 Å². The fraction of sp³-hybridized carbons (Fsp3) is 0.429. The third-order valence-corrected chi connectivity index (χ3v) is 4.10. The zero-order valence-corrected chi connectivity index (χ0v) is 11.6. The Kier molecular flexibility index (Phi) is 3.59. The Balaban J connectivity index is 2.10. The van der Waals surface area contributed by atoms with Crippen molar-refractivity contribution in [3.05, 3.63) is 31.2 Å². The van der Waals surface area contributed by atoms with E-state index in [1.807, 2.05) is 0 Å². The molecule has 3 heterocycles. The fourth-order valence-electron chi connectivity index (χ4n) is 2.79. The number of hydrogen-bond acceptors (Lipinski definition) is 6. The topological polar surface area (TPSA) is 101 Å². The van der Waals surface area contributed by atoms with Gasteiger partial charge in [-0.15, -0.1) is 6.58 Å². The molecular weight excluding hydrogens is 293 g/mol. The third kappa shape index (κ3) is 1.92. The Bertz CT molecular complexity index is 706. The van der Waals surface area contributed by atoms with Crippen molar-refractivity contribution in [3.8, 4) is 5.75 Å². The van der Waals surface area contributed by atoms with Gasteiger partial charge in [0.15, 0.2) is 5.65 Å². The smallest absolute Gasteiger partial charge is 0.165 e. The summed E-state index contributed by atoms with van der Waals surface area (Å²) in [6.45, 7) is 2.16. The van der Waals surface area contributed by atoms with Gasteiger partial charge in [-0.25, -0.2) is 9.97 Å². The first-order valence-electron chi connectivity index (χ1n) is 6.74. The number of halogens is 1. The maximum atomic E-state index is 13.4. The summed E-state index contributed by atoms with van der Waals surface area (Å²) in [5.41, 5.74) is -0.902. The summed E-state index contributed by atoms with van der Waals surface area (Å²) in [6.07, 6.45) is 1.82. The van der Waals surface area contributed by atoms with Gasteiger partial charge in [-0.1, -0.05) is 6.08 Å². The van der Waals surface area contributed by atoms with Crippen LogP contribution in [-0.2, 0) is 4.74 Å². The van der Waals surface area contributed by atoms with Crippen LogP contribution in [0.4, 0.5) is 4.39 Å². The summed E-state index contributed by atoms with van der Waals surface area (Å²) in [5, 5.41) is 29.6.